The number of H-pyrrole nitrogens is 1. The molecule has 5 rings (SSSR count). The Kier molecular flexibility index (Phi) is 4.16. The van der Waals surface area contributed by atoms with Crippen molar-refractivity contribution in [2.24, 2.45) is 5.14 Å². The molecule has 8 nitrogen and oxygen atoms in total. The molecule has 1 aliphatic rings. The molecule has 3 heterocycles. The van der Waals surface area contributed by atoms with Crippen LogP contribution < -0.4 is 9.88 Å². The Morgan fingerprint density at radius 1 is 1.17 bits per heavy atom. The van der Waals surface area contributed by atoms with E-state index < -0.39 is 15.6 Å². The average Bonchev–Trinajstić information content (AvgIpc) is 3.42. The second-order valence-corrected chi connectivity index (χ2v) is 9.90. The molecule has 0 atom stereocenters. The third-order valence-corrected chi connectivity index (χ3v) is 6.58. The van der Waals surface area contributed by atoms with Gasteiger partial charge in [0.25, 0.3) is 10.0 Å². The number of ether oxygens (including phenoxy) is 1. The van der Waals surface area contributed by atoms with Crippen LogP contribution in [-0.4, -0.2) is 34.8 Å². The highest BCUT2D eigenvalue weighted by molar-refractivity contribution is 7.89. The molecular weight excluding hydrogens is 402 g/mol. The first-order chi connectivity index (χ1) is 14.2. The van der Waals surface area contributed by atoms with Crippen LogP contribution in [0.5, 0.6) is 5.88 Å². The van der Waals surface area contributed by atoms with Crippen LogP contribution in [0.15, 0.2) is 41.7 Å². The van der Waals surface area contributed by atoms with Gasteiger partial charge < -0.3 is 9.72 Å². The fourth-order valence-corrected chi connectivity index (χ4v) is 4.62. The minimum absolute atomic E-state index is 0.166. The highest BCUT2D eigenvalue weighted by Gasteiger charge is 2.26. The summed E-state index contributed by atoms with van der Waals surface area (Å²) in [7, 11) is -3.85. The van der Waals surface area contributed by atoms with E-state index in [0.717, 1.165) is 23.7 Å². The van der Waals surface area contributed by atoms with Crippen molar-refractivity contribution in [3.05, 3.63) is 47.8 Å². The predicted molar refractivity (Wildman–Crippen MR) is 114 cm³/mol. The van der Waals surface area contributed by atoms with Crippen LogP contribution in [0.4, 0.5) is 0 Å². The summed E-state index contributed by atoms with van der Waals surface area (Å²) in [6.07, 6.45) is 6.73. The van der Waals surface area contributed by atoms with Crippen molar-refractivity contribution in [2.75, 3.05) is 6.61 Å². The Morgan fingerprint density at radius 2 is 1.97 bits per heavy atom. The maximum Gasteiger partial charge on any atom is 0.257 e. The first-order valence-electron chi connectivity index (χ1n) is 9.87. The molecule has 30 heavy (non-hydrogen) atoms. The van der Waals surface area contributed by atoms with Crippen LogP contribution in [0.3, 0.4) is 0 Å². The Labute approximate surface area is 174 Å². The summed E-state index contributed by atoms with van der Waals surface area (Å²) in [6.45, 7) is 4.06. The maximum atomic E-state index is 11.5. The van der Waals surface area contributed by atoms with Gasteiger partial charge in [0.05, 0.1) is 11.1 Å². The molecule has 0 saturated heterocycles. The predicted octanol–water partition coefficient (Wildman–Crippen LogP) is 2.86. The standard InChI is InChI=1S/C21H23N5O3S/c1-21(2,26-11-9-17(25-26)30(22,27)28)12-29-20-19-16(8-10-23-20)15-7-6-13-4-3-5-14(13)18(15)24-19/h6-11,24H,3-5,12H2,1-2H3,(H2,22,27,28). The fraction of sp³-hybridized carbons (Fsp3) is 0.333. The van der Waals surface area contributed by atoms with Crippen LogP contribution in [0.25, 0.3) is 21.8 Å². The molecule has 1 aromatic carbocycles. The number of nitrogens with one attached hydrogen (secondary N) is 1. The van der Waals surface area contributed by atoms with Gasteiger partial charge in [-0.25, -0.2) is 18.5 Å². The van der Waals surface area contributed by atoms with Gasteiger partial charge in [0, 0.05) is 23.2 Å². The normalized spacial score (nSPS) is 14.5. The zero-order valence-corrected chi connectivity index (χ0v) is 17.7. The summed E-state index contributed by atoms with van der Waals surface area (Å²) >= 11 is 0. The van der Waals surface area contributed by atoms with E-state index in [1.54, 1.807) is 17.1 Å². The third kappa shape index (κ3) is 3.05. The van der Waals surface area contributed by atoms with Crippen molar-refractivity contribution in [1.82, 2.24) is 19.7 Å². The van der Waals surface area contributed by atoms with Crippen molar-refractivity contribution in [3.8, 4) is 5.88 Å². The number of fused-ring (bicyclic) bond motifs is 5. The molecule has 0 spiro atoms. The van der Waals surface area contributed by atoms with Gasteiger partial charge in [0.1, 0.15) is 12.1 Å². The first-order valence-corrected chi connectivity index (χ1v) is 11.4. The number of rotatable bonds is 5. The Hall–Kier alpha value is -2.91. The van der Waals surface area contributed by atoms with E-state index in [2.05, 4.69) is 27.2 Å². The van der Waals surface area contributed by atoms with Gasteiger partial charge in [0.15, 0.2) is 5.03 Å². The summed E-state index contributed by atoms with van der Waals surface area (Å²) in [5, 5.41) is 11.4. The van der Waals surface area contributed by atoms with Crippen LogP contribution in [0.1, 0.15) is 31.4 Å². The van der Waals surface area contributed by atoms with Crippen molar-refractivity contribution in [3.63, 3.8) is 0 Å². The summed E-state index contributed by atoms with van der Waals surface area (Å²) in [5.41, 5.74) is 4.23. The number of pyridine rings is 1. The van der Waals surface area contributed by atoms with Gasteiger partial charge in [-0.3, -0.25) is 4.68 Å². The molecule has 3 N–H and O–H groups in total. The largest absolute Gasteiger partial charge is 0.474 e. The zero-order valence-electron chi connectivity index (χ0n) is 16.8. The van der Waals surface area contributed by atoms with Crippen LogP contribution in [0, 0.1) is 0 Å². The van der Waals surface area contributed by atoms with Crippen molar-refractivity contribution >= 4 is 31.8 Å². The van der Waals surface area contributed by atoms with Crippen LogP contribution >= 0.6 is 0 Å². The second kappa shape index (κ2) is 6.55. The van der Waals surface area contributed by atoms with Gasteiger partial charge >= 0.3 is 0 Å². The van der Waals surface area contributed by atoms with Gasteiger partial charge in [0.2, 0.25) is 5.88 Å². The molecule has 0 unspecified atom stereocenters. The summed E-state index contributed by atoms with van der Waals surface area (Å²) in [4.78, 5) is 7.98. The lowest BCUT2D eigenvalue weighted by atomic mass is 10.1. The highest BCUT2D eigenvalue weighted by atomic mass is 32.2. The molecule has 0 aliphatic heterocycles. The quantitative estimate of drug-likeness (QED) is 0.510. The molecular formula is C21H23N5O3S. The number of aromatic amines is 1. The summed E-state index contributed by atoms with van der Waals surface area (Å²) in [6, 6.07) is 7.78. The maximum absolute atomic E-state index is 11.5. The monoisotopic (exact) mass is 425 g/mol. The van der Waals surface area contributed by atoms with Crippen molar-refractivity contribution < 1.29 is 13.2 Å². The molecule has 0 bridgehead atoms. The van der Waals surface area contributed by atoms with Crippen molar-refractivity contribution in [1.29, 1.82) is 0 Å². The Balaban J connectivity index is 1.48. The Bertz CT molecular complexity index is 1380. The molecule has 0 saturated carbocycles. The topological polar surface area (TPSA) is 116 Å². The highest BCUT2D eigenvalue weighted by Crippen LogP contribution is 2.36. The lowest BCUT2D eigenvalue weighted by Gasteiger charge is -2.25. The van der Waals surface area contributed by atoms with E-state index in [1.807, 2.05) is 19.9 Å². The lowest BCUT2D eigenvalue weighted by Crippen LogP contribution is -2.34. The molecule has 0 radical (unpaired) electrons. The molecule has 0 fully saturated rings. The van der Waals surface area contributed by atoms with E-state index >= 15 is 0 Å². The van der Waals surface area contributed by atoms with E-state index in [0.29, 0.717) is 5.88 Å². The van der Waals surface area contributed by atoms with Gasteiger partial charge in [-0.05, 0) is 56.4 Å². The van der Waals surface area contributed by atoms with E-state index in [4.69, 9.17) is 9.88 Å². The smallest absolute Gasteiger partial charge is 0.257 e. The minimum atomic E-state index is -3.85. The zero-order chi connectivity index (χ0) is 21.1. The lowest BCUT2D eigenvalue weighted by molar-refractivity contribution is 0.165. The molecule has 4 aromatic rings. The average molecular weight is 426 g/mol. The van der Waals surface area contributed by atoms with Gasteiger partial charge in [-0.2, -0.15) is 5.10 Å². The third-order valence-electron chi connectivity index (χ3n) is 5.78. The van der Waals surface area contributed by atoms with Gasteiger partial charge in [-0.1, -0.05) is 12.1 Å². The molecule has 0 amide bonds. The number of hydrogen-bond donors (Lipinski definition) is 2. The van der Waals surface area contributed by atoms with Gasteiger partial charge in [-0.15, -0.1) is 0 Å². The molecule has 156 valence electrons. The SMILES string of the molecule is CC(C)(COc1nccc2c1[nH]c1c3c(ccc12)CCC3)n1ccc(S(N)(=O)=O)n1. The number of aryl methyl sites for hydroxylation is 2. The van der Waals surface area contributed by atoms with E-state index in [1.165, 1.54) is 34.5 Å². The number of primary sulfonamides is 1. The number of aromatic nitrogens is 4. The number of nitrogens with two attached hydrogens (primary N) is 1. The molecule has 1 aliphatic carbocycles. The number of hydrogen-bond acceptors (Lipinski definition) is 5. The first kappa shape index (κ1) is 19.1. The summed E-state index contributed by atoms with van der Waals surface area (Å²) in [5.74, 6) is 0.516. The molecule has 9 heteroatoms. The Morgan fingerprint density at radius 3 is 2.73 bits per heavy atom. The minimum Gasteiger partial charge on any atom is -0.474 e. The molecule has 3 aromatic heterocycles. The van der Waals surface area contributed by atoms with Crippen LogP contribution in [-0.2, 0) is 28.4 Å². The fourth-order valence-electron chi connectivity index (χ4n) is 4.16. The van der Waals surface area contributed by atoms with Crippen molar-refractivity contribution in [2.45, 2.75) is 43.7 Å². The number of nitrogens with zero attached hydrogens (tertiary/aromatic N) is 3. The van der Waals surface area contributed by atoms with E-state index in [9.17, 15) is 8.42 Å². The van der Waals surface area contributed by atoms with E-state index in [-0.39, 0.29) is 11.6 Å². The summed E-state index contributed by atoms with van der Waals surface area (Å²) < 4.78 is 30.7. The second-order valence-electron chi connectivity index (χ2n) is 8.39. The number of benzene rings is 1. The number of sulfonamides is 1. The van der Waals surface area contributed by atoms with Crippen LogP contribution in [0.2, 0.25) is 0 Å².